The van der Waals surface area contributed by atoms with E-state index in [9.17, 15) is 9.90 Å². The van der Waals surface area contributed by atoms with E-state index in [4.69, 9.17) is 0 Å². The molecule has 0 atom stereocenters. The van der Waals surface area contributed by atoms with Gasteiger partial charge in [0.15, 0.2) is 5.82 Å². The Morgan fingerprint density at radius 2 is 1.70 bits per heavy atom. The third-order valence-electron chi connectivity index (χ3n) is 2.86. The van der Waals surface area contributed by atoms with E-state index in [1.807, 2.05) is 30.3 Å². The largest absolute Gasteiger partial charge is 0.478 e. The highest BCUT2D eigenvalue weighted by Crippen LogP contribution is 2.21. The van der Waals surface area contributed by atoms with Gasteiger partial charge >= 0.3 is 5.97 Å². The molecule has 0 fully saturated rings. The minimum Gasteiger partial charge on any atom is -0.478 e. The predicted octanol–water partition coefficient (Wildman–Crippen LogP) is 2.03. The molecule has 1 N–H and O–H groups in total. The number of aromatic nitrogens is 4. The SMILES string of the molecule is O=C(O)c1ccccc1-n1nnnc1-c1ccccc1. The molecule has 6 heteroatoms. The lowest BCUT2D eigenvalue weighted by Gasteiger charge is -2.07. The maximum absolute atomic E-state index is 11.3. The number of carboxylic acid groups (broad SMARTS) is 1. The second-order valence-electron chi connectivity index (χ2n) is 4.10. The van der Waals surface area contributed by atoms with Crippen molar-refractivity contribution in [3.05, 3.63) is 60.2 Å². The normalized spacial score (nSPS) is 10.4. The van der Waals surface area contributed by atoms with Crippen molar-refractivity contribution in [2.75, 3.05) is 0 Å². The van der Waals surface area contributed by atoms with Crippen molar-refractivity contribution in [1.82, 2.24) is 20.2 Å². The Balaban J connectivity index is 2.18. The van der Waals surface area contributed by atoms with Crippen LogP contribution >= 0.6 is 0 Å². The summed E-state index contributed by atoms with van der Waals surface area (Å²) in [5.74, 6) is -0.519. The number of rotatable bonds is 3. The monoisotopic (exact) mass is 266 g/mol. The van der Waals surface area contributed by atoms with Gasteiger partial charge in [0.1, 0.15) is 0 Å². The summed E-state index contributed by atoms with van der Waals surface area (Å²) in [6.07, 6.45) is 0. The fourth-order valence-corrected chi connectivity index (χ4v) is 1.96. The predicted molar refractivity (Wildman–Crippen MR) is 71.5 cm³/mol. The molecule has 6 nitrogen and oxygen atoms in total. The van der Waals surface area contributed by atoms with Crippen LogP contribution in [0.25, 0.3) is 17.1 Å². The number of carboxylic acids is 1. The van der Waals surface area contributed by atoms with Crippen molar-refractivity contribution in [3.63, 3.8) is 0 Å². The number of carbonyl (C=O) groups is 1. The molecule has 20 heavy (non-hydrogen) atoms. The lowest BCUT2D eigenvalue weighted by Crippen LogP contribution is -2.07. The Bertz CT molecular complexity index is 753. The first-order valence-corrected chi connectivity index (χ1v) is 5.94. The summed E-state index contributed by atoms with van der Waals surface area (Å²) in [6.45, 7) is 0. The molecule has 3 rings (SSSR count). The van der Waals surface area contributed by atoms with Crippen LogP contribution in [0.5, 0.6) is 0 Å². The van der Waals surface area contributed by atoms with E-state index in [-0.39, 0.29) is 5.56 Å². The Hall–Kier alpha value is -3.02. The van der Waals surface area contributed by atoms with Crippen molar-refractivity contribution in [1.29, 1.82) is 0 Å². The van der Waals surface area contributed by atoms with Crippen LogP contribution in [-0.4, -0.2) is 31.3 Å². The average molecular weight is 266 g/mol. The Kier molecular flexibility index (Phi) is 2.96. The third kappa shape index (κ3) is 2.03. The van der Waals surface area contributed by atoms with Gasteiger partial charge in [0, 0.05) is 5.56 Å². The molecule has 0 spiro atoms. The molecule has 0 aliphatic rings. The van der Waals surface area contributed by atoms with E-state index >= 15 is 0 Å². The second-order valence-corrected chi connectivity index (χ2v) is 4.10. The maximum atomic E-state index is 11.3. The summed E-state index contributed by atoms with van der Waals surface area (Å²) >= 11 is 0. The standard InChI is InChI=1S/C14H10N4O2/c19-14(20)11-8-4-5-9-12(11)18-13(15-16-17-18)10-6-2-1-3-7-10/h1-9H,(H,19,20). The number of hydrogen-bond donors (Lipinski definition) is 1. The van der Waals surface area contributed by atoms with Gasteiger partial charge in [-0.2, -0.15) is 4.68 Å². The Labute approximate surface area is 114 Å². The lowest BCUT2D eigenvalue weighted by molar-refractivity contribution is 0.0697. The molecule has 0 aliphatic carbocycles. The number of aromatic carboxylic acids is 1. The van der Waals surface area contributed by atoms with Gasteiger partial charge in [-0.25, -0.2) is 4.79 Å². The molecule has 1 aromatic heterocycles. The molecule has 0 bridgehead atoms. The summed E-state index contributed by atoms with van der Waals surface area (Å²) < 4.78 is 1.43. The molecule has 2 aromatic carbocycles. The number of hydrogen-bond acceptors (Lipinski definition) is 4. The average Bonchev–Trinajstić information content (AvgIpc) is 2.97. The molecule has 3 aromatic rings. The van der Waals surface area contributed by atoms with Gasteiger partial charge in [0.2, 0.25) is 0 Å². The topological polar surface area (TPSA) is 80.9 Å². The van der Waals surface area contributed by atoms with Crippen LogP contribution in [0, 0.1) is 0 Å². The first-order chi connectivity index (χ1) is 9.77. The smallest absolute Gasteiger partial charge is 0.337 e. The molecular formula is C14H10N4O2. The second kappa shape index (κ2) is 4.93. The lowest BCUT2D eigenvalue weighted by atomic mass is 10.1. The highest BCUT2D eigenvalue weighted by atomic mass is 16.4. The van der Waals surface area contributed by atoms with Crippen LogP contribution in [0.15, 0.2) is 54.6 Å². The highest BCUT2D eigenvalue weighted by molar-refractivity contribution is 5.92. The summed E-state index contributed by atoms with van der Waals surface area (Å²) in [5.41, 5.74) is 1.40. The zero-order chi connectivity index (χ0) is 13.9. The van der Waals surface area contributed by atoms with Crippen LogP contribution in [0.2, 0.25) is 0 Å². The summed E-state index contributed by atoms with van der Waals surface area (Å²) in [5, 5.41) is 20.8. The van der Waals surface area contributed by atoms with Gasteiger partial charge in [-0.1, -0.05) is 42.5 Å². The van der Waals surface area contributed by atoms with E-state index in [2.05, 4.69) is 15.5 Å². The quantitative estimate of drug-likeness (QED) is 0.784. The van der Waals surface area contributed by atoms with Gasteiger partial charge < -0.3 is 5.11 Å². The molecule has 0 saturated heterocycles. The summed E-state index contributed by atoms with van der Waals surface area (Å²) in [4.78, 5) is 11.3. The zero-order valence-corrected chi connectivity index (χ0v) is 10.3. The van der Waals surface area contributed by atoms with Gasteiger partial charge in [-0.05, 0) is 22.6 Å². The first-order valence-electron chi connectivity index (χ1n) is 5.94. The van der Waals surface area contributed by atoms with Crippen molar-refractivity contribution >= 4 is 5.97 Å². The summed E-state index contributed by atoms with van der Waals surface area (Å²) in [7, 11) is 0. The molecule has 98 valence electrons. The van der Waals surface area contributed by atoms with Gasteiger partial charge in [0.05, 0.1) is 11.3 Å². The van der Waals surface area contributed by atoms with E-state index < -0.39 is 5.97 Å². The summed E-state index contributed by atoms with van der Waals surface area (Å²) in [6, 6.07) is 16.0. The first kappa shape index (κ1) is 12.0. The van der Waals surface area contributed by atoms with E-state index in [0.717, 1.165) is 5.56 Å². The van der Waals surface area contributed by atoms with Crippen molar-refractivity contribution in [3.8, 4) is 17.1 Å². The molecule has 0 radical (unpaired) electrons. The zero-order valence-electron chi connectivity index (χ0n) is 10.3. The maximum Gasteiger partial charge on any atom is 0.337 e. The number of benzene rings is 2. The minimum atomic E-state index is -1.02. The molecule has 0 saturated carbocycles. The third-order valence-corrected chi connectivity index (χ3v) is 2.86. The number of para-hydroxylation sites is 1. The van der Waals surface area contributed by atoms with Gasteiger partial charge in [-0.3, -0.25) is 0 Å². The molecule has 0 aliphatic heterocycles. The number of nitrogens with zero attached hydrogens (tertiary/aromatic N) is 4. The van der Waals surface area contributed by atoms with Crippen LogP contribution < -0.4 is 0 Å². The van der Waals surface area contributed by atoms with Gasteiger partial charge in [0.25, 0.3) is 0 Å². The minimum absolute atomic E-state index is 0.150. The Morgan fingerprint density at radius 3 is 2.45 bits per heavy atom. The van der Waals surface area contributed by atoms with Crippen LogP contribution in [0.4, 0.5) is 0 Å². The fraction of sp³-hybridized carbons (Fsp3) is 0. The molecular weight excluding hydrogens is 256 g/mol. The van der Waals surface area contributed by atoms with Crippen LogP contribution in [0.3, 0.4) is 0 Å². The number of tetrazole rings is 1. The Morgan fingerprint density at radius 1 is 1.00 bits per heavy atom. The van der Waals surface area contributed by atoms with Crippen molar-refractivity contribution < 1.29 is 9.90 Å². The van der Waals surface area contributed by atoms with Crippen LogP contribution in [0.1, 0.15) is 10.4 Å². The highest BCUT2D eigenvalue weighted by Gasteiger charge is 2.16. The fourth-order valence-electron chi connectivity index (χ4n) is 1.96. The van der Waals surface area contributed by atoms with Crippen LogP contribution in [-0.2, 0) is 0 Å². The van der Waals surface area contributed by atoms with Crippen molar-refractivity contribution in [2.45, 2.75) is 0 Å². The molecule has 0 unspecified atom stereocenters. The van der Waals surface area contributed by atoms with Crippen molar-refractivity contribution in [2.24, 2.45) is 0 Å². The van der Waals surface area contributed by atoms with E-state index in [1.54, 1.807) is 18.2 Å². The van der Waals surface area contributed by atoms with Gasteiger partial charge in [-0.15, -0.1) is 5.10 Å². The van der Waals surface area contributed by atoms with E-state index in [1.165, 1.54) is 10.7 Å². The molecule has 0 amide bonds. The van der Waals surface area contributed by atoms with E-state index in [0.29, 0.717) is 11.5 Å². The molecule has 1 heterocycles.